The van der Waals surface area contributed by atoms with Crippen molar-refractivity contribution in [3.8, 4) is 0 Å². The summed E-state index contributed by atoms with van der Waals surface area (Å²) in [6.07, 6.45) is 0.578. The number of carbonyl (C=O) groups is 3. The van der Waals surface area contributed by atoms with Gasteiger partial charge in [-0.1, -0.05) is 78.7 Å². The molecule has 0 radical (unpaired) electrons. The highest BCUT2D eigenvalue weighted by Crippen LogP contribution is 2.30. The fourth-order valence-electron chi connectivity index (χ4n) is 4.62. The van der Waals surface area contributed by atoms with Gasteiger partial charge in [-0.2, -0.15) is 0 Å². The molecule has 0 aliphatic carbocycles. The first-order valence-corrected chi connectivity index (χ1v) is 15.5. The van der Waals surface area contributed by atoms with Gasteiger partial charge in [-0.3, -0.25) is 14.4 Å². The number of sulfonamides is 1. The van der Waals surface area contributed by atoms with Crippen molar-refractivity contribution in [2.24, 2.45) is 0 Å². The third kappa shape index (κ3) is 6.92. The molecule has 1 heterocycles. The van der Waals surface area contributed by atoms with Crippen LogP contribution in [-0.4, -0.2) is 54.0 Å². The number of nitrogens with zero attached hydrogens (tertiary/aromatic N) is 2. The van der Waals surface area contributed by atoms with Crippen LogP contribution in [0.1, 0.15) is 48.2 Å². The Kier molecular flexibility index (Phi) is 9.73. The largest absolute Gasteiger partial charge is 0.352 e. The van der Waals surface area contributed by atoms with Crippen molar-refractivity contribution in [2.75, 3.05) is 6.54 Å². The van der Waals surface area contributed by atoms with Crippen LogP contribution >= 0.6 is 23.2 Å². The molecule has 4 rings (SSSR count). The smallest absolute Gasteiger partial charge is 0.269 e. The maximum absolute atomic E-state index is 13.9. The van der Waals surface area contributed by atoms with Crippen molar-refractivity contribution in [1.29, 1.82) is 0 Å². The molecule has 11 heteroatoms. The maximum Gasteiger partial charge on any atom is 0.269 e. The first-order valence-electron chi connectivity index (χ1n) is 13.3. The summed E-state index contributed by atoms with van der Waals surface area (Å²) in [5, 5.41) is 3.72. The van der Waals surface area contributed by atoms with Gasteiger partial charge in [-0.05, 0) is 48.7 Å². The average Bonchev–Trinajstić information content (AvgIpc) is 3.15. The summed E-state index contributed by atoms with van der Waals surface area (Å²) in [5.41, 5.74) is 1.47. The molecule has 3 amide bonds. The van der Waals surface area contributed by atoms with Gasteiger partial charge in [0.2, 0.25) is 11.8 Å². The van der Waals surface area contributed by atoms with Gasteiger partial charge in [0.1, 0.15) is 10.9 Å². The van der Waals surface area contributed by atoms with Crippen LogP contribution in [0.25, 0.3) is 0 Å². The number of halogens is 2. The summed E-state index contributed by atoms with van der Waals surface area (Å²) in [6, 6.07) is 19.0. The zero-order valence-electron chi connectivity index (χ0n) is 22.7. The van der Waals surface area contributed by atoms with E-state index in [1.54, 1.807) is 30.3 Å². The van der Waals surface area contributed by atoms with Crippen molar-refractivity contribution >= 4 is 50.9 Å². The number of hydrogen-bond acceptors (Lipinski definition) is 5. The fraction of sp³-hybridized carbons (Fsp3) is 0.300. The minimum atomic E-state index is -4.09. The molecule has 2 unspecified atom stereocenters. The Bertz CT molecular complexity index is 1550. The molecule has 1 aliphatic heterocycles. The topological polar surface area (TPSA) is 104 Å². The molecule has 0 spiro atoms. The van der Waals surface area contributed by atoms with E-state index in [9.17, 15) is 22.8 Å². The molecule has 41 heavy (non-hydrogen) atoms. The molecule has 0 saturated carbocycles. The van der Waals surface area contributed by atoms with Crippen LogP contribution in [0.15, 0.2) is 77.7 Å². The van der Waals surface area contributed by atoms with Crippen molar-refractivity contribution in [3.05, 3.63) is 99.5 Å². The number of hydrogen-bond donors (Lipinski definition) is 1. The standard InChI is InChI=1S/C30H31Cl2N3O5S/c1-3-20(2)33-29(37)26(17-21-9-5-4-6-10-21)34(19-22-13-14-23(31)18-25(22)32)28(36)15-16-35-30(38)24-11-7-8-12-27(24)41(35,39)40/h4-14,18,20,26H,3,15-17,19H2,1-2H3,(H,33,37). The van der Waals surface area contributed by atoms with Crippen molar-refractivity contribution in [1.82, 2.24) is 14.5 Å². The van der Waals surface area contributed by atoms with Gasteiger partial charge in [-0.25, -0.2) is 12.7 Å². The van der Waals surface area contributed by atoms with Gasteiger partial charge in [0.25, 0.3) is 15.9 Å². The molecule has 1 aliphatic rings. The van der Waals surface area contributed by atoms with Gasteiger partial charge in [0.05, 0.1) is 5.56 Å². The second-order valence-corrected chi connectivity index (χ2v) is 12.6. The van der Waals surface area contributed by atoms with Crippen LogP contribution in [-0.2, 0) is 32.6 Å². The molecule has 1 N–H and O–H groups in total. The highest BCUT2D eigenvalue weighted by atomic mass is 35.5. The first kappa shape index (κ1) is 30.6. The highest BCUT2D eigenvalue weighted by Gasteiger charge is 2.41. The molecule has 3 aromatic carbocycles. The Labute approximate surface area is 250 Å². The fourth-order valence-corrected chi connectivity index (χ4v) is 6.66. The number of rotatable bonds is 11. The minimum absolute atomic E-state index is 0.0266. The van der Waals surface area contributed by atoms with Gasteiger partial charge in [0.15, 0.2) is 0 Å². The normalized spacial score (nSPS) is 15.2. The van der Waals surface area contributed by atoms with Crippen LogP contribution in [0.2, 0.25) is 10.0 Å². The molecule has 0 saturated heterocycles. The number of benzene rings is 3. The zero-order chi connectivity index (χ0) is 29.7. The van der Waals surface area contributed by atoms with E-state index in [0.29, 0.717) is 26.3 Å². The number of fused-ring (bicyclic) bond motifs is 1. The Morgan fingerprint density at radius 1 is 1.00 bits per heavy atom. The van der Waals surface area contributed by atoms with Crippen LogP contribution in [0.3, 0.4) is 0 Å². The lowest BCUT2D eigenvalue weighted by atomic mass is 10.0. The Hall–Kier alpha value is -3.40. The van der Waals surface area contributed by atoms with Crippen LogP contribution in [0.5, 0.6) is 0 Å². The lowest BCUT2D eigenvalue weighted by molar-refractivity contribution is -0.141. The predicted molar refractivity (Wildman–Crippen MR) is 158 cm³/mol. The number of nitrogens with one attached hydrogen (secondary N) is 1. The van der Waals surface area contributed by atoms with Gasteiger partial charge >= 0.3 is 0 Å². The molecule has 0 bridgehead atoms. The summed E-state index contributed by atoms with van der Waals surface area (Å²) in [4.78, 5) is 41.8. The van der Waals surface area contributed by atoms with Crippen LogP contribution in [0, 0.1) is 0 Å². The lowest BCUT2D eigenvalue weighted by Crippen LogP contribution is -2.52. The second-order valence-electron chi connectivity index (χ2n) is 9.91. The third-order valence-corrected chi connectivity index (χ3v) is 9.50. The SMILES string of the molecule is CCC(C)NC(=O)C(Cc1ccccc1)N(Cc1ccc(Cl)cc1Cl)C(=O)CCN1C(=O)c2ccccc2S1(=O)=O. The van der Waals surface area contributed by atoms with Crippen LogP contribution < -0.4 is 5.32 Å². The van der Waals surface area contributed by atoms with E-state index >= 15 is 0 Å². The lowest BCUT2D eigenvalue weighted by Gasteiger charge is -2.33. The average molecular weight is 617 g/mol. The summed E-state index contributed by atoms with van der Waals surface area (Å²) in [7, 11) is -4.09. The maximum atomic E-state index is 13.9. The van der Waals surface area contributed by atoms with Crippen molar-refractivity contribution in [2.45, 2.75) is 56.6 Å². The monoisotopic (exact) mass is 615 g/mol. The second kappa shape index (κ2) is 13.1. The third-order valence-electron chi connectivity index (χ3n) is 7.07. The Morgan fingerprint density at radius 3 is 2.34 bits per heavy atom. The van der Waals surface area contributed by atoms with Gasteiger partial charge < -0.3 is 10.2 Å². The number of carbonyl (C=O) groups excluding carboxylic acids is 3. The molecule has 0 fully saturated rings. The molecule has 0 aromatic heterocycles. The first-order chi connectivity index (χ1) is 19.5. The van der Waals surface area contributed by atoms with E-state index in [-0.39, 0.29) is 48.3 Å². The van der Waals surface area contributed by atoms with E-state index in [1.807, 2.05) is 44.2 Å². The summed E-state index contributed by atoms with van der Waals surface area (Å²) in [5.74, 6) is -1.54. The van der Waals surface area contributed by atoms with Crippen LogP contribution in [0.4, 0.5) is 0 Å². The zero-order valence-corrected chi connectivity index (χ0v) is 25.0. The van der Waals surface area contributed by atoms with Crippen molar-refractivity contribution < 1.29 is 22.8 Å². The summed E-state index contributed by atoms with van der Waals surface area (Å²) >= 11 is 12.6. The number of amides is 3. The minimum Gasteiger partial charge on any atom is -0.352 e. The Morgan fingerprint density at radius 2 is 1.68 bits per heavy atom. The summed E-state index contributed by atoms with van der Waals surface area (Å²) in [6.45, 7) is 3.42. The molecule has 2 atom stereocenters. The van der Waals surface area contributed by atoms with E-state index < -0.39 is 27.9 Å². The molecular weight excluding hydrogens is 585 g/mol. The molecule has 216 valence electrons. The Balaban J connectivity index is 1.66. The summed E-state index contributed by atoms with van der Waals surface area (Å²) < 4.78 is 26.9. The van der Waals surface area contributed by atoms with E-state index in [1.165, 1.54) is 17.0 Å². The van der Waals surface area contributed by atoms with Crippen molar-refractivity contribution in [3.63, 3.8) is 0 Å². The molecule has 8 nitrogen and oxygen atoms in total. The highest BCUT2D eigenvalue weighted by molar-refractivity contribution is 7.90. The predicted octanol–water partition coefficient (Wildman–Crippen LogP) is 5.08. The van der Waals surface area contributed by atoms with Gasteiger partial charge in [0, 0.05) is 42.0 Å². The van der Waals surface area contributed by atoms with E-state index in [4.69, 9.17) is 23.2 Å². The van der Waals surface area contributed by atoms with Gasteiger partial charge in [-0.15, -0.1) is 0 Å². The molecule has 3 aromatic rings. The quantitative estimate of drug-likeness (QED) is 0.324. The van der Waals surface area contributed by atoms with E-state index in [0.717, 1.165) is 5.56 Å². The van der Waals surface area contributed by atoms with E-state index in [2.05, 4.69) is 5.32 Å². The molecular formula is C30H31Cl2N3O5S.